The van der Waals surface area contributed by atoms with Crippen molar-refractivity contribution in [3.8, 4) is 0 Å². The number of hydrogen-bond acceptors (Lipinski definition) is 5. The van der Waals surface area contributed by atoms with Crippen molar-refractivity contribution in [3.63, 3.8) is 0 Å². The van der Waals surface area contributed by atoms with Crippen molar-refractivity contribution in [2.45, 2.75) is 65.5 Å². The number of carbonyl (C=O) groups is 1. The summed E-state index contributed by atoms with van der Waals surface area (Å²) < 4.78 is 28.2. The predicted octanol–water partition coefficient (Wildman–Crippen LogP) is 2.44. The van der Waals surface area contributed by atoms with Crippen LogP contribution in [0, 0.1) is 5.41 Å². The van der Waals surface area contributed by atoms with E-state index in [0.29, 0.717) is 13.1 Å². The van der Waals surface area contributed by atoms with E-state index in [1.807, 2.05) is 27.7 Å². The van der Waals surface area contributed by atoms with Crippen molar-refractivity contribution < 1.29 is 17.9 Å². The molecule has 1 aliphatic rings. The standard InChI is InChI=1S/C17H34N2O4S/c1-7-17(13-18-14(2)12-24(6,21)22)8-10-19(11-9-17)15(20)23-16(3,4)5/h14,18H,7-13H2,1-6H3. The zero-order valence-electron chi connectivity index (χ0n) is 16.0. The Morgan fingerprint density at radius 3 is 2.25 bits per heavy atom. The van der Waals surface area contributed by atoms with Crippen LogP contribution in [0.4, 0.5) is 4.79 Å². The summed E-state index contributed by atoms with van der Waals surface area (Å²) in [4.78, 5) is 13.9. The molecule has 7 heteroatoms. The Labute approximate surface area is 147 Å². The topological polar surface area (TPSA) is 75.7 Å². The number of rotatable bonds is 6. The molecule has 0 aromatic carbocycles. The summed E-state index contributed by atoms with van der Waals surface area (Å²) in [6.07, 6.45) is 3.84. The summed E-state index contributed by atoms with van der Waals surface area (Å²) >= 11 is 0. The molecule has 0 radical (unpaired) electrons. The monoisotopic (exact) mass is 362 g/mol. The Bertz CT molecular complexity index is 517. The van der Waals surface area contributed by atoms with Crippen LogP contribution in [-0.4, -0.2) is 62.7 Å². The molecule has 1 rings (SSSR count). The van der Waals surface area contributed by atoms with Gasteiger partial charge in [-0.15, -0.1) is 0 Å². The molecule has 0 spiro atoms. The van der Waals surface area contributed by atoms with E-state index in [0.717, 1.165) is 25.8 Å². The first-order chi connectivity index (χ1) is 10.9. The first-order valence-electron chi connectivity index (χ1n) is 8.75. The van der Waals surface area contributed by atoms with Gasteiger partial charge in [0.05, 0.1) is 5.75 Å². The highest BCUT2D eigenvalue weighted by Crippen LogP contribution is 2.34. The van der Waals surface area contributed by atoms with E-state index in [1.54, 1.807) is 4.90 Å². The number of carbonyl (C=O) groups excluding carboxylic acids is 1. The van der Waals surface area contributed by atoms with Crippen LogP contribution < -0.4 is 5.32 Å². The quantitative estimate of drug-likeness (QED) is 0.785. The molecule has 0 aromatic rings. The number of amides is 1. The normalized spacial score (nSPS) is 19.8. The van der Waals surface area contributed by atoms with Gasteiger partial charge >= 0.3 is 6.09 Å². The number of sulfone groups is 1. The van der Waals surface area contributed by atoms with Crippen molar-refractivity contribution in [2.24, 2.45) is 5.41 Å². The summed E-state index contributed by atoms with van der Waals surface area (Å²) in [5, 5.41) is 3.37. The van der Waals surface area contributed by atoms with Crippen LogP contribution >= 0.6 is 0 Å². The van der Waals surface area contributed by atoms with Crippen LogP contribution in [-0.2, 0) is 14.6 Å². The second kappa shape index (κ2) is 8.04. The van der Waals surface area contributed by atoms with Crippen LogP contribution in [0.3, 0.4) is 0 Å². The third-order valence-electron chi connectivity index (χ3n) is 4.60. The molecule has 0 aliphatic carbocycles. The van der Waals surface area contributed by atoms with Crippen molar-refractivity contribution in [1.82, 2.24) is 10.2 Å². The summed E-state index contributed by atoms with van der Waals surface area (Å²) in [6, 6.07) is -0.0627. The van der Waals surface area contributed by atoms with E-state index in [2.05, 4.69) is 12.2 Å². The smallest absolute Gasteiger partial charge is 0.410 e. The largest absolute Gasteiger partial charge is 0.444 e. The van der Waals surface area contributed by atoms with Gasteiger partial charge in [-0.1, -0.05) is 6.92 Å². The summed E-state index contributed by atoms with van der Waals surface area (Å²) in [7, 11) is -2.97. The SMILES string of the molecule is CCC1(CNC(C)CS(C)(=O)=O)CCN(C(=O)OC(C)(C)C)CC1. The third-order valence-corrected chi connectivity index (χ3v) is 5.71. The fourth-order valence-electron chi connectivity index (χ4n) is 3.05. The second-order valence-electron chi connectivity index (χ2n) is 8.20. The lowest BCUT2D eigenvalue weighted by Crippen LogP contribution is -2.49. The van der Waals surface area contributed by atoms with Crippen molar-refractivity contribution >= 4 is 15.9 Å². The minimum atomic E-state index is -2.97. The van der Waals surface area contributed by atoms with Gasteiger partial charge in [0, 0.05) is 31.9 Å². The molecule has 1 aliphatic heterocycles. The van der Waals surface area contributed by atoms with Crippen LogP contribution in [0.2, 0.25) is 0 Å². The molecular weight excluding hydrogens is 328 g/mol. The molecule has 6 nitrogen and oxygen atoms in total. The van der Waals surface area contributed by atoms with Gasteiger partial charge < -0.3 is 15.0 Å². The first-order valence-corrected chi connectivity index (χ1v) is 10.8. The van der Waals surface area contributed by atoms with Gasteiger partial charge in [-0.05, 0) is 52.4 Å². The van der Waals surface area contributed by atoms with Gasteiger partial charge in [-0.3, -0.25) is 0 Å². The summed E-state index contributed by atoms with van der Waals surface area (Å²) in [5.41, 5.74) is -0.358. The van der Waals surface area contributed by atoms with Gasteiger partial charge in [0.25, 0.3) is 0 Å². The summed E-state index contributed by atoms with van der Waals surface area (Å²) in [6.45, 7) is 11.8. The van der Waals surface area contributed by atoms with Crippen LogP contribution in [0.15, 0.2) is 0 Å². The number of piperidine rings is 1. The molecule has 142 valence electrons. The first kappa shape index (κ1) is 21.2. The van der Waals surface area contributed by atoms with E-state index in [9.17, 15) is 13.2 Å². The number of likely N-dealkylation sites (tertiary alicyclic amines) is 1. The van der Waals surface area contributed by atoms with E-state index in [4.69, 9.17) is 4.74 Å². The van der Waals surface area contributed by atoms with Crippen molar-refractivity contribution in [2.75, 3.05) is 31.6 Å². The lowest BCUT2D eigenvalue weighted by Gasteiger charge is -2.42. The van der Waals surface area contributed by atoms with Gasteiger partial charge in [-0.25, -0.2) is 13.2 Å². The average molecular weight is 363 g/mol. The molecule has 0 bridgehead atoms. The summed E-state index contributed by atoms with van der Waals surface area (Å²) in [5.74, 6) is 0.150. The van der Waals surface area contributed by atoms with E-state index in [-0.39, 0.29) is 23.3 Å². The zero-order chi connectivity index (χ0) is 18.6. The highest BCUT2D eigenvalue weighted by molar-refractivity contribution is 7.90. The number of nitrogens with one attached hydrogen (secondary N) is 1. The fraction of sp³-hybridized carbons (Fsp3) is 0.941. The average Bonchev–Trinajstić information content (AvgIpc) is 2.42. The van der Waals surface area contributed by atoms with Crippen molar-refractivity contribution in [3.05, 3.63) is 0 Å². The second-order valence-corrected chi connectivity index (χ2v) is 10.4. The van der Waals surface area contributed by atoms with Crippen LogP contribution in [0.1, 0.15) is 53.9 Å². The Hall–Kier alpha value is -0.820. The highest BCUT2D eigenvalue weighted by atomic mass is 32.2. The minimum absolute atomic E-state index is 0.0627. The molecule has 0 saturated carbocycles. The Kier molecular flexibility index (Phi) is 7.11. The van der Waals surface area contributed by atoms with Crippen LogP contribution in [0.5, 0.6) is 0 Å². The molecule has 1 unspecified atom stereocenters. The van der Waals surface area contributed by atoms with Gasteiger partial charge in [0.2, 0.25) is 0 Å². The molecule has 1 saturated heterocycles. The maximum absolute atomic E-state index is 12.2. The molecule has 24 heavy (non-hydrogen) atoms. The molecule has 1 heterocycles. The molecule has 1 amide bonds. The molecule has 1 fully saturated rings. The van der Waals surface area contributed by atoms with Gasteiger partial charge in [0.15, 0.2) is 0 Å². The molecule has 0 aromatic heterocycles. The zero-order valence-corrected chi connectivity index (χ0v) is 16.8. The number of nitrogens with zero attached hydrogens (tertiary/aromatic N) is 1. The van der Waals surface area contributed by atoms with Gasteiger partial charge in [0.1, 0.15) is 15.4 Å². The third kappa shape index (κ3) is 7.38. The molecule has 1 atom stereocenters. The van der Waals surface area contributed by atoms with Crippen LogP contribution in [0.25, 0.3) is 0 Å². The van der Waals surface area contributed by atoms with E-state index < -0.39 is 15.4 Å². The molecule has 1 N–H and O–H groups in total. The number of ether oxygens (including phenoxy) is 1. The maximum Gasteiger partial charge on any atom is 0.410 e. The Morgan fingerprint density at radius 1 is 1.29 bits per heavy atom. The fourth-order valence-corrected chi connectivity index (χ4v) is 4.08. The van der Waals surface area contributed by atoms with Gasteiger partial charge in [-0.2, -0.15) is 0 Å². The lowest BCUT2D eigenvalue weighted by atomic mass is 9.76. The Morgan fingerprint density at radius 2 is 1.83 bits per heavy atom. The minimum Gasteiger partial charge on any atom is -0.444 e. The highest BCUT2D eigenvalue weighted by Gasteiger charge is 2.36. The van der Waals surface area contributed by atoms with E-state index >= 15 is 0 Å². The van der Waals surface area contributed by atoms with E-state index in [1.165, 1.54) is 6.26 Å². The maximum atomic E-state index is 12.2. The van der Waals surface area contributed by atoms with Crippen molar-refractivity contribution in [1.29, 1.82) is 0 Å². The Balaban J connectivity index is 2.53. The lowest BCUT2D eigenvalue weighted by molar-refractivity contribution is 0.00924. The number of hydrogen-bond donors (Lipinski definition) is 1. The predicted molar refractivity (Wildman–Crippen MR) is 96.9 cm³/mol. The molecular formula is C17H34N2O4S.